The standard InChI is InChI=1S/C12H14BrNO2/c1-8-12(15)14-11(7-16-8)6-9-2-4-10(13)5-3-9/h2-5,8,11H,6-7H2,1H3,(H,14,15). The van der Waals surface area contributed by atoms with Crippen molar-refractivity contribution in [1.29, 1.82) is 0 Å². The van der Waals surface area contributed by atoms with E-state index >= 15 is 0 Å². The molecule has 2 rings (SSSR count). The summed E-state index contributed by atoms with van der Waals surface area (Å²) in [5, 5.41) is 2.95. The summed E-state index contributed by atoms with van der Waals surface area (Å²) in [5.74, 6) is -0.0200. The molecule has 0 saturated carbocycles. The lowest BCUT2D eigenvalue weighted by molar-refractivity contribution is -0.139. The molecule has 0 spiro atoms. The number of rotatable bonds is 2. The predicted molar refractivity (Wildman–Crippen MR) is 65.2 cm³/mol. The highest BCUT2D eigenvalue weighted by molar-refractivity contribution is 9.10. The van der Waals surface area contributed by atoms with Crippen LogP contribution in [0.1, 0.15) is 12.5 Å². The van der Waals surface area contributed by atoms with Gasteiger partial charge in [0.25, 0.3) is 0 Å². The van der Waals surface area contributed by atoms with Crippen LogP contribution >= 0.6 is 15.9 Å². The van der Waals surface area contributed by atoms with Crippen molar-refractivity contribution in [2.75, 3.05) is 6.61 Å². The fourth-order valence-corrected chi connectivity index (χ4v) is 1.98. The van der Waals surface area contributed by atoms with Crippen LogP contribution in [-0.4, -0.2) is 24.7 Å². The number of nitrogens with one attached hydrogen (secondary N) is 1. The number of hydrogen-bond acceptors (Lipinski definition) is 2. The molecule has 0 aliphatic carbocycles. The molecule has 16 heavy (non-hydrogen) atoms. The molecule has 1 fully saturated rings. The molecule has 0 bridgehead atoms. The lowest BCUT2D eigenvalue weighted by Gasteiger charge is -2.27. The van der Waals surface area contributed by atoms with E-state index in [2.05, 4.69) is 21.2 Å². The third-order valence-electron chi connectivity index (χ3n) is 2.66. The van der Waals surface area contributed by atoms with E-state index in [1.165, 1.54) is 5.56 Å². The summed E-state index contributed by atoms with van der Waals surface area (Å²) in [4.78, 5) is 11.4. The Morgan fingerprint density at radius 2 is 2.12 bits per heavy atom. The van der Waals surface area contributed by atoms with Gasteiger partial charge in [-0.2, -0.15) is 0 Å². The number of benzene rings is 1. The van der Waals surface area contributed by atoms with E-state index in [9.17, 15) is 4.79 Å². The highest BCUT2D eigenvalue weighted by Gasteiger charge is 2.24. The Balaban J connectivity index is 1.95. The minimum absolute atomic E-state index is 0.0200. The first kappa shape index (κ1) is 11.6. The van der Waals surface area contributed by atoms with Crippen LogP contribution in [-0.2, 0) is 16.0 Å². The lowest BCUT2D eigenvalue weighted by Crippen LogP contribution is -2.50. The molecule has 2 unspecified atom stereocenters. The fourth-order valence-electron chi connectivity index (χ4n) is 1.71. The van der Waals surface area contributed by atoms with Gasteiger partial charge in [-0.15, -0.1) is 0 Å². The number of hydrogen-bond donors (Lipinski definition) is 1. The van der Waals surface area contributed by atoms with Crippen molar-refractivity contribution in [1.82, 2.24) is 5.32 Å². The Labute approximate surface area is 103 Å². The number of halogens is 1. The van der Waals surface area contributed by atoms with Crippen molar-refractivity contribution >= 4 is 21.8 Å². The largest absolute Gasteiger partial charge is 0.367 e. The highest BCUT2D eigenvalue weighted by atomic mass is 79.9. The van der Waals surface area contributed by atoms with Gasteiger partial charge in [0.1, 0.15) is 6.10 Å². The van der Waals surface area contributed by atoms with Gasteiger partial charge in [-0.25, -0.2) is 0 Å². The van der Waals surface area contributed by atoms with Gasteiger partial charge in [0.05, 0.1) is 12.6 Å². The van der Waals surface area contributed by atoms with E-state index in [1.54, 1.807) is 6.92 Å². The number of morpholine rings is 1. The first-order chi connectivity index (χ1) is 7.65. The van der Waals surface area contributed by atoms with E-state index < -0.39 is 0 Å². The zero-order valence-corrected chi connectivity index (χ0v) is 10.7. The van der Waals surface area contributed by atoms with Crippen molar-refractivity contribution in [2.45, 2.75) is 25.5 Å². The smallest absolute Gasteiger partial charge is 0.249 e. The second-order valence-electron chi connectivity index (χ2n) is 4.01. The van der Waals surface area contributed by atoms with Crippen LogP contribution in [0.25, 0.3) is 0 Å². The van der Waals surface area contributed by atoms with Gasteiger partial charge < -0.3 is 10.1 Å². The second kappa shape index (κ2) is 4.97. The molecule has 1 aromatic rings. The summed E-state index contributed by atoms with van der Waals surface area (Å²) in [5.41, 5.74) is 1.20. The highest BCUT2D eigenvalue weighted by Crippen LogP contribution is 2.13. The average molecular weight is 284 g/mol. The Morgan fingerprint density at radius 1 is 1.44 bits per heavy atom. The topological polar surface area (TPSA) is 38.3 Å². The molecule has 86 valence electrons. The van der Waals surface area contributed by atoms with Crippen LogP contribution in [0.2, 0.25) is 0 Å². The van der Waals surface area contributed by atoms with Crippen molar-refractivity contribution < 1.29 is 9.53 Å². The third kappa shape index (κ3) is 2.83. The molecule has 1 saturated heterocycles. The summed E-state index contributed by atoms with van der Waals surface area (Å²) in [6, 6.07) is 8.19. The number of carbonyl (C=O) groups excluding carboxylic acids is 1. The van der Waals surface area contributed by atoms with E-state index in [-0.39, 0.29) is 18.1 Å². The summed E-state index contributed by atoms with van der Waals surface area (Å²) in [6.07, 6.45) is 0.493. The van der Waals surface area contributed by atoms with Crippen molar-refractivity contribution in [3.63, 3.8) is 0 Å². The number of ether oxygens (including phenoxy) is 1. The van der Waals surface area contributed by atoms with Crippen molar-refractivity contribution in [3.8, 4) is 0 Å². The molecule has 1 aromatic carbocycles. The zero-order chi connectivity index (χ0) is 11.5. The van der Waals surface area contributed by atoms with E-state index in [4.69, 9.17) is 4.74 Å². The molecular weight excluding hydrogens is 270 g/mol. The van der Waals surface area contributed by atoms with E-state index in [0.717, 1.165) is 10.9 Å². The maximum absolute atomic E-state index is 11.4. The van der Waals surface area contributed by atoms with Gasteiger partial charge in [0.2, 0.25) is 5.91 Å². The zero-order valence-electron chi connectivity index (χ0n) is 9.07. The minimum atomic E-state index is -0.318. The van der Waals surface area contributed by atoms with Gasteiger partial charge >= 0.3 is 0 Å². The van der Waals surface area contributed by atoms with Crippen LogP contribution in [0.3, 0.4) is 0 Å². The Kier molecular flexibility index (Phi) is 3.61. The fraction of sp³-hybridized carbons (Fsp3) is 0.417. The maximum atomic E-state index is 11.4. The summed E-state index contributed by atoms with van der Waals surface area (Å²) < 4.78 is 6.44. The molecule has 2 atom stereocenters. The summed E-state index contributed by atoms with van der Waals surface area (Å²) in [7, 11) is 0. The summed E-state index contributed by atoms with van der Waals surface area (Å²) >= 11 is 3.39. The Hall–Kier alpha value is -0.870. The molecule has 1 heterocycles. The maximum Gasteiger partial charge on any atom is 0.249 e. The molecular formula is C12H14BrNO2. The lowest BCUT2D eigenvalue weighted by atomic mass is 10.1. The predicted octanol–water partition coefficient (Wildman–Crippen LogP) is 1.90. The Morgan fingerprint density at radius 3 is 2.75 bits per heavy atom. The quantitative estimate of drug-likeness (QED) is 0.900. The normalized spacial score (nSPS) is 25.2. The molecule has 1 aliphatic heterocycles. The van der Waals surface area contributed by atoms with Gasteiger partial charge in [-0.3, -0.25) is 4.79 Å². The molecule has 1 aliphatic rings. The third-order valence-corrected chi connectivity index (χ3v) is 3.19. The van der Waals surface area contributed by atoms with Crippen LogP contribution in [0.5, 0.6) is 0 Å². The molecule has 0 aromatic heterocycles. The number of amides is 1. The van der Waals surface area contributed by atoms with Crippen LogP contribution < -0.4 is 5.32 Å². The minimum Gasteiger partial charge on any atom is -0.367 e. The van der Waals surface area contributed by atoms with E-state index in [1.807, 2.05) is 24.3 Å². The van der Waals surface area contributed by atoms with E-state index in [0.29, 0.717) is 6.61 Å². The first-order valence-electron chi connectivity index (χ1n) is 5.31. The van der Waals surface area contributed by atoms with Crippen LogP contribution in [0, 0.1) is 0 Å². The monoisotopic (exact) mass is 283 g/mol. The van der Waals surface area contributed by atoms with Crippen LogP contribution in [0.4, 0.5) is 0 Å². The first-order valence-corrected chi connectivity index (χ1v) is 6.11. The van der Waals surface area contributed by atoms with Gasteiger partial charge in [0.15, 0.2) is 0 Å². The number of carbonyl (C=O) groups is 1. The van der Waals surface area contributed by atoms with Gasteiger partial charge in [-0.1, -0.05) is 28.1 Å². The van der Waals surface area contributed by atoms with Crippen molar-refractivity contribution in [3.05, 3.63) is 34.3 Å². The Bertz CT molecular complexity index is 377. The molecule has 4 heteroatoms. The van der Waals surface area contributed by atoms with Gasteiger partial charge in [0, 0.05) is 4.47 Å². The average Bonchev–Trinajstić information content (AvgIpc) is 2.27. The molecule has 1 amide bonds. The SMILES string of the molecule is CC1OCC(Cc2ccc(Br)cc2)NC1=O. The van der Waals surface area contributed by atoms with Crippen molar-refractivity contribution in [2.24, 2.45) is 0 Å². The molecule has 3 nitrogen and oxygen atoms in total. The second-order valence-corrected chi connectivity index (χ2v) is 4.93. The van der Waals surface area contributed by atoms with Gasteiger partial charge in [-0.05, 0) is 31.0 Å². The summed E-state index contributed by atoms with van der Waals surface area (Å²) in [6.45, 7) is 2.36. The molecule has 0 radical (unpaired) electrons. The molecule has 1 N–H and O–H groups in total. The van der Waals surface area contributed by atoms with Crippen LogP contribution in [0.15, 0.2) is 28.7 Å².